The van der Waals surface area contributed by atoms with Gasteiger partial charge < -0.3 is 15.2 Å². The Labute approximate surface area is 122 Å². The molecule has 6 nitrogen and oxygen atoms in total. The van der Waals surface area contributed by atoms with E-state index in [9.17, 15) is 0 Å². The Bertz CT molecular complexity index is 371. The molecule has 0 fully saturated rings. The fraction of sp³-hybridized carbons (Fsp3) is 0.727. The Hall–Kier alpha value is -0.790. The lowest BCUT2D eigenvalue weighted by Gasteiger charge is -2.07. The summed E-state index contributed by atoms with van der Waals surface area (Å²) in [6.07, 6.45) is 1.70. The molecule has 2 N–H and O–H groups in total. The molecule has 0 aliphatic heterocycles. The van der Waals surface area contributed by atoms with E-state index in [2.05, 4.69) is 20.3 Å². The normalized spacial score (nSPS) is 10.5. The van der Waals surface area contributed by atoms with Crippen LogP contribution in [0, 0.1) is 0 Å². The number of aliphatic hydroxyl groups is 1. The van der Waals surface area contributed by atoms with E-state index in [-0.39, 0.29) is 17.9 Å². The van der Waals surface area contributed by atoms with Crippen LogP contribution in [0.4, 0.5) is 5.95 Å². The Morgan fingerprint density at radius 2 is 2.16 bits per heavy atom. The first-order valence-corrected chi connectivity index (χ1v) is 7.76. The van der Waals surface area contributed by atoms with E-state index in [4.69, 9.17) is 21.4 Å². The zero-order chi connectivity index (χ0) is 13.9. The summed E-state index contributed by atoms with van der Waals surface area (Å²) in [5.74, 6) is 2.28. The highest BCUT2D eigenvalue weighted by molar-refractivity contribution is 7.99. The minimum Gasteiger partial charge on any atom is -0.463 e. The molecule has 8 heteroatoms. The number of halogens is 1. The molecule has 0 amide bonds. The van der Waals surface area contributed by atoms with Crippen molar-refractivity contribution in [1.29, 1.82) is 0 Å². The van der Waals surface area contributed by atoms with Crippen LogP contribution < -0.4 is 10.1 Å². The van der Waals surface area contributed by atoms with Gasteiger partial charge in [-0.25, -0.2) is 0 Å². The summed E-state index contributed by atoms with van der Waals surface area (Å²) in [4.78, 5) is 12.0. The van der Waals surface area contributed by atoms with Crippen molar-refractivity contribution >= 4 is 29.3 Å². The molecule has 0 radical (unpaired) electrons. The summed E-state index contributed by atoms with van der Waals surface area (Å²) >= 11 is 7.56. The number of ether oxygens (including phenoxy) is 1. The zero-order valence-corrected chi connectivity index (χ0v) is 12.5. The molecule has 0 spiro atoms. The van der Waals surface area contributed by atoms with E-state index in [1.54, 1.807) is 11.8 Å². The number of aliphatic hydroxyl groups excluding tert-OH is 1. The highest BCUT2D eigenvalue weighted by Crippen LogP contribution is 2.11. The molecule has 0 unspecified atom stereocenters. The predicted molar refractivity (Wildman–Crippen MR) is 78.1 cm³/mol. The SMILES string of the molecule is CCCOc1nc(Cl)nc(NCCSCCCO)n1. The van der Waals surface area contributed by atoms with Gasteiger partial charge in [0.15, 0.2) is 0 Å². The average Bonchev–Trinajstić information content (AvgIpc) is 2.40. The monoisotopic (exact) mass is 306 g/mol. The standard InChI is InChI=1S/C11H19ClN4O2S/c1-2-6-18-11-15-9(12)14-10(16-11)13-4-8-19-7-3-5-17/h17H,2-8H2,1H3,(H,13,14,15,16). The third-order valence-corrected chi connectivity index (χ3v) is 3.24. The number of nitrogens with zero attached hydrogens (tertiary/aromatic N) is 3. The Morgan fingerprint density at radius 3 is 2.89 bits per heavy atom. The van der Waals surface area contributed by atoms with Crippen molar-refractivity contribution < 1.29 is 9.84 Å². The van der Waals surface area contributed by atoms with E-state index >= 15 is 0 Å². The van der Waals surface area contributed by atoms with Crippen LogP contribution in [0.15, 0.2) is 0 Å². The van der Waals surface area contributed by atoms with Gasteiger partial charge in [-0.2, -0.15) is 26.7 Å². The molecule has 1 aromatic heterocycles. The van der Waals surface area contributed by atoms with Crippen molar-refractivity contribution in [2.45, 2.75) is 19.8 Å². The molecule has 0 bridgehead atoms. The second kappa shape index (κ2) is 10.1. The molecule has 108 valence electrons. The number of hydrogen-bond donors (Lipinski definition) is 2. The van der Waals surface area contributed by atoms with Crippen LogP contribution in [0.1, 0.15) is 19.8 Å². The fourth-order valence-electron chi connectivity index (χ4n) is 1.17. The van der Waals surface area contributed by atoms with Crippen molar-refractivity contribution in [3.05, 3.63) is 5.28 Å². The molecule has 0 aliphatic rings. The third-order valence-electron chi connectivity index (χ3n) is 2.00. The van der Waals surface area contributed by atoms with E-state index in [1.807, 2.05) is 6.92 Å². The van der Waals surface area contributed by atoms with Crippen LogP contribution >= 0.6 is 23.4 Å². The summed E-state index contributed by atoms with van der Waals surface area (Å²) in [7, 11) is 0. The van der Waals surface area contributed by atoms with Gasteiger partial charge in [-0.05, 0) is 30.2 Å². The molecule has 19 heavy (non-hydrogen) atoms. The molecular weight excluding hydrogens is 288 g/mol. The first-order valence-electron chi connectivity index (χ1n) is 6.23. The molecule has 0 saturated heterocycles. The van der Waals surface area contributed by atoms with E-state index in [1.165, 1.54) is 0 Å². The van der Waals surface area contributed by atoms with Gasteiger partial charge in [0.05, 0.1) is 6.61 Å². The van der Waals surface area contributed by atoms with Crippen LogP contribution in [0.3, 0.4) is 0 Å². The second-order valence-corrected chi connectivity index (χ2v) is 5.24. The number of thioether (sulfide) groups is 1. The largest absolute Gasteiger partial charge is 0.463 e. The number of rotatable bonds is 10. The van der Waals surface area contributed by atoms with Crippen molar-refractivity contribution in [1.82, 2.24) is 15.0 Å². The van der Waals surface area contributed by atoms with Crippen LogP contribution in [-0.2, 0) is 0 Å². The van der Waals surface area contributed by atoms with Crippen molar-refractivity contribution in [3.63, 3.8) is 0 Å². The number of aromatic nitrogens is 3. The van der Waals surface area contributed by atoms with Crippen molar-refractivity contribution in [3.8, 4) is 6.01 Å². The highest BCUT2D eigenvalue weighted by atomic mass is 35.5. The van der Waals surface area contributed by atoms with Gasteiger partial charge in [-0.15, -0.1) is 0 Å². The van der Waals surface area contributed by atoms with E-state index < -0.39 is 0 Å². The molecule has 0 saturated carbocycles. The van der Waals surface area contributed by atoms with Gasteiger partial charge in [0.2, 0.25) is 11.2 Å². The maximum absolute atomic E-state index is 8.65. The first kappa shape index (κ1) is 16.3. The van der Waals surface area contributed by atoms with Gasteiger partial charge in [0.25, 0.3) is 0 Å². The first-order chi connectivity index (χ1) is 9.26. The van der Waals surface area contributed by atoms with Gasteiger partial charge >= 0.3 is 6.01 Å². The smallest absolute Gasteiger partial charge is 0.322 e. The molecule has 1 aromatic rings. The van der Waals surface area contributed by atoms with Gasteiger partial charge in [0, 0.05) is 18.9 Å². The molecule has 0 aliphatic carbocycles. The highest BCUT2D eigenvalue weighted by Gasteiger charge is 2.05. The molecule has 0 aromatic carbocycles. The minimum atomic E-state index is 0.122. The van der Waals surface area contributed by atoms with Crippen LogP contribution in [0.5, 0.6) is 6.01 Å². The number of nitrogens with one attached hydrogen (secondary N) is 1. The zero-order valence-electron chi connectivity index (χ0n) is 10.9. The third kappa shape index (κ3) is 7.39. The summed E-state index contributed by atoms with van der Waals surface area (Å²) in [6, 6.07) is 0.247. The topological polar surface area (TPSA) is 80.2 Å². The number of anilines is 1. The van der Waals surface area contributed by atoms with E-state index in [0.717, 1.165) is 30.9 Å². The molecule has 1 rings (SSSR count). The average molecular weight is 307 g/mol. The lowest BCUT2D eigenvalue weighted by atomic mass is 10.5. The predicted octanol–water partition coefficient (Wildman–Crippen LogP) is 1.84. The Balaban J connectivity index is 2.34. The van der Waals surface area contributed by atoms with Gasteiger partial charge in [0.1, 0.15) is 0 Å². The quantitative estimate of drug-likeness (QED) is 0.638. The van der Waals surface area contributed by atoms with Crippen molar-refractivity contribution in [2.24, 2.45) is 0 Å². The lowest BCUT2D eigenvalue weighted by Crippen LogP contribution is -2.10. The summed E-state index contributed by atoms with van der Waals surface area (Å²) in [6.45, 7) is 3.52. The minimum absolute atomic E-state index is 0.122. The molecule has 0 atom stereocenters. The summed E-state index contributed by atoms with van der Waals surface area (Å²) in [5.41, 5.74) is 0. The van der Waals surface area contributed by atoms with Gasteiger partial charge in [-0.1, -0.05) is 6.92 Å². The second-order valence-electron chi connectivity index (χ2n) is 3.68. The van der Waals surface area contributed by atoms with Gasteiger partial charge in [-0.3, -0.25) is 0 Å². The number of hydrogen-bond acceptors (Lipinski definition) is 7. The summed E-state index contributed by atoms with van der Waals surface area (Å²) < 4.78 is 5.32. The Kier molecular flexibility index (Phi) is 8.61. The Morgan fingerprint density at radius 1 is 1.32 bits per heavy atom. The summed E-state index contributed by atoms with van der Waals surface area (Å²) in [5, 5.41) is 11.8. The molecular formula is C11H19ClN4O2S. The lowest BCUT2D eigenvalue weighted by molar-refractivity contribution is 0.291. The van der Waals surface area contributed by atoms with Crippen LogP contribution in [0.25, 0.3) is 0 Å². The van der Waals surface area contributed by atoms with E-state index in [0.29, 0.717) is 12.6 Å². The van der Waals surface area contributed by atoms with Crippen molar-refractivity contribution in [2.75, 3.05) is 36.6 Å². The maximum Gasteiger partial charge on any atom is 0.322 e. The van der Waals surface area contributed by atoms with Crippen LogP contribution in [-0.4, -0.2) is 51.3 Å². The van der Waals surface area contributed by atoms with Crippen LogP contribution in [0.2, 0.25) is 5.28 Å². The fourth-order valence-corrected chi connectivity index (χ4v) is 2.11. The molecule has 1 heterocycles. The maximum atomic E-state index is 8.65.